The molecule has 3 aromatic rings. The summed E-state index contributed by atoms with van der Waals surface area (Å²) in [6, 6.07) is 9.70. The van der Waals surface area contributed by atoms with Gasteiger partial charge in [0.05, 0.1) is 12.7 Å². The quantitative estimate of drug-likeness (QED) is 0.535. The molecule has 1 atom stereocenters. The number of alkyl halides is 3. The summed E-state index contributed by atoms with van der Waals surface area (Å²) in [5.74, 6) is -1.29. The topological polar surface area (TPSA) is 106 Å². The van der Waals surface area contributed by atoms with Gasteiger partial charge in [0.1, 0.15) is 40.8 Å². The zero-order valence-electron chi connectivity index (χ0n) is 17.6. The molecular formula is C22H19F4N5O2. The molecule has 0 fully saturated rings. The van der Waals surface area contributed by atoms with Gasteiger partial charge in [0.25, 0.3) is 5.91 Å². The number of hydrogen-bond donors (Lipinski definition) is 2. The number of rotatable bonds is 6. The van der Waals surface area contributed by atoms with Gasteiger partial charge in [0.15, 0.2) is 0 Å². The minimum Gasteiger partial charge on any atom is -0.496 e. The van der Waals surface area contributed by atoms with Crippen molar-refractivity contribution in [3.8, 4) is 23.1 Å². The van der Waals surface area contributed by atoms with E-state index in [2.05, 4.69) is 10.4 Å². The first-order valence-corrected chi connectivity index (χ1v) is 9.62. The van der Waals surface area contributed by atoms with Crippen molar-refractivity contribution in [1.29, 1.82) is 5.26 Å². The molecule has 1 aromatic heterocycles. The van der Waals surface area contributed by atoms with Gasteiger partial charge in [-0.15, -0.1) is 0 Å². The van der Waals surface area contributed by atoms with E-state index in [9.17, 15) is 27.6 Å². The van der Waals surface area contributed by atoms with Crippen LogP contribution in [0.3, 0.4) is 0 Å². The van der Waals surface area contributed by atoms with Gasteiger partial charge in [-0.25, -0.2) is 9.07 Å². The summed E-state index contributed by atoms with van der Waals surface area (Å²) in [5.41, 5.74) is 6.67. The molecule has 0 bridgehead atoms. The number of amides is 1. The highest BCUT2D eigenvalue weighted by Crippen LogP contribution is 2.35. The highest BCUT2D eigenvalue weighted by atomic mass is 19.4. The molecule has 0 radical (unpaired) electrons. The minimum absolute atomic E-state index is 0.0196. The number of anilines is 1. The molecule has 33 heavy (non-hydrogen) atoms. The number of nitrogen functional groups attached to an aromatic ring is 1. The van der Waals surface area contributed by atoms with E-state index >= 15 is 0 Å². The van der Waals surface area contributed by atoms with Crippen molar-refractivity contribution < 1.29 is 27.1 Å². The first-order chi connectivity index (χ1) is 15.6. The van der Waals surface area contributed by atoms with E-state index in [0.717, 1.165) is 13.0 Å². The molecule has 0 saturated heterocycles. The maximum Gasteiger partial charge on any atom is 0.410 e. The molecule has 0 aliphatic heterocycles. The second-order valence-electron chi connectivity index (χ2n) is 7.11. The normalized spacial score (nSPS) is 12.2. The van der Waals surface area contributed by atoms with Gasteiger partial charge in [-0.05, 0) is 30.7 Å². The lowest BCUT2D eigenvalue weighted by Crippen LogP contribution is -2.25. The largest absolute Gasteiger partial charge is 0.496 e. The Bertz CT molecular complexity index is 1210. The molecule has 3 rings (SSSR count). The van der Waals surface area contributed by atoms with E-state index in [1.165, 1.54) is 19.2 Å². The maximum absolute atomic E-state index is 13.5. The molecule has 11 heteroatoms. The maximum atomic E-state index is 13.5. The first kappa shape index (κ1) is 23.6. The Kier molecular flexibility index (Phi) is 6.57. The molecule has 0 aliphatic carbocycles. The van der Waals surface area contributed by atoms with Gasteiger partial charge in [-0.2, -0.15) is 23.5 Å². The zero-order chi connectivity index (χ0) is 24.3. The number of nitrogens with two attached hydrogens (primary N) is 1. The summed E-state index contributed by atoms with van der Waals surface area (Å²) in [4.78, 5) is 12.4. The number of aromatic nitrogens is 2. The highest BCUT2D eigenvalue weighted by Gasteiger charge is 2.40. The third-order valence-corrected chi connectivity index (χ3v) is 4.99. The van der Waals surface area contributed by atoms with Crippen LogP contribution in [0.15, 0.2) is 42.5 Å². The van der Waals surface area contributed by atoms with Crippen LogP contribution in [0.5, 0.6) is 5.75 Å². The van der Waals surface area contributed by atoms with Gasteiger partial charge >= 0.3 is 6.18 Å². The van der Waals surface area contributed by atoms with E-state index in [0.29, 0.717) is 15.8 Å². The van der Waals surface area contributed by atoms with Crippen LogP contribution in [0.1, 0.15) is 34.5 Å². The van der Waals surface area contributed by atoms with Gasteiger partial charge in [0.2, 0.25) is 0 Å². The number of nitrogens with one attached hydrogen (secondary N) is 1. The lowest BCUT2D eigenvalue weighted by Gasteiger charge is -2.17. The number of carbonyl (C=O) groups excluding carboxylic acids is 1. The molecular weight excluding hydrogens is 442 g/mol. The lowest BCUT2D eigenvalue weighted by atomic mass is 10.1. The Morgan fingerprint density at radius 3 is 2.52 bits per heavy atom. The minimum atomic E-state index is -4.59. The summed E-state index contributed by atoms with van der Waals surface area (Å²) >= 11 is 0. The van der Waals surface area contributed by atoms with Crippen LogP contribution < -0.4 is 15.8 Å². The number of methoxy groups -OCH3 is 1. The average molecular weight is 461 g/mol. The highest BCUT2D eigenvalue weighted by molar-refractivity contribution is 5.96. The van der Waals surface area contributed by atoms with Crippen LogP contribution in [0.2, 0.25) is 0 Å². The fourth-order valence-electron chi connectivity index (χ4n) is 3.11. The SMILES string of the molecule is COc1ccc(F)cc1C(=O)NCc1ccc(-c2nn([C@@H](C)C(F)(F)F)c(N)c2C#N)cc1. The number of nitrogens with zero attached hydrogens (tertiary/aromatic N) is 3. The number of carbonyl (C=O) groups is 1. The monoisotopic (exact) mass is 461 g/mol. The van der Waals surface area contributed by atoms with Gasteiger partial charge in [-0.1, -0.05) is 24.3 Å². The third-order valence-electron chi connectivity index (χ3n) is 4.99. The molecule has 3 N–H and O–H groups in total. The second-order valence-corrected chi connectivity index (χ2v) is 7.11. The Labute approximate surface area is 186 Å². The van der Waals surface area contributed by atoms with Crippen LogP contribution in [-0.2, 0) is 6.54 Å². The van der Waals surface area contributed by atoms with E-state index in [4.69, 9.17) is 10.5 Å². The van der Waals surface area contributed by atoms with Crippen LogP contribution >= 0.6 is 0 Å². The second kappa shape index (κ2) is 9.20. The number of nitriles is 1. The van der Waals surface area contributed by atoms with Gasteiger partial charge in [-0.3, -0.25) is 4.79 Å². The fourth-order valence-corrected chi connectivity index (χ4v) is 3.11. The average Bonchev–Trinajstić information content (AvgIpc) is 3.12. The van der Waals surface area contributed by atoms with E-state index < -0.39 is 23.9 Å². The predicted octanol–water partition coefficient (Wildman–Crippen LogP) is 4.20. The van der Waals surface area contributed by atoms with Crippen LogP contribution in [0, 0.1) is 17.1 Å². The van der Waals surface area contributed by atoms with Crippen molar-refractivity contribution in [2.45, 2.75) is 25.7 Å². The Balaban J connectivity index is 1.79. The summed E-state index contributed by atoms with van der Waals surface area (Å²) in [6.07, 6.45) is -4.59. The number of hydrogen-bond acceptors (Lipinski definition) is 5. The molecule has 172 valence electrons. The molecule has 0 unspecified atom stereocenters. The summed E-state index contributed by atoms with van der Waals surface area (Å²) in [6.45, 7) is 0.985. The van der Waals surface area contributed by atoms with Crippen molar-refractivity contribution in [1.82, 2.24) is 15.1 Å². The molecule has 2 aromatic carbocycles. The van der Waals surface area contributed by atoms with Gasteiger partial charge < -0.3 is 15.8 Å². The van der Waals surface area contributed by atoms with Crippen LogP contribution in [-0.4, -0.2) is 29.0 Å². The summed E-state index contributed by atoms with van der Waals surface area (Å²) in [7, 11) is 1.36. The smallest absolute Gasteiger partial charge is 0.410 e. The van der Waals surface area contributed by atoms with E-state index in [-0.39, 0.29) is 34.9 Å². The number of halogens is 4. The molecule has 0 saturated carbocycles. The molecule has 0 spiro atoms. The molecule has 0 aliphatic rings. The Morgan fingerprint density at radius 1 is 1.27 bits per heavy atom. The Morgan fingerprint density at radius 2 is 1.94 bits per heavy atom. The van der Waals surface area contributed by atoms with E-state index in [1.807, 2.05) is 0 Å². The molecule has 1 amide bonds. The van der Waals surface area contributed by atoms with Crippen molar-refractivity contribution in [3.63, 3.8) is 0 Å². The van der Waals surface area contributed by atoms with Crippen molar-refractivity contribution >= 4 is 11.7 Å². The fraction of sp³-hybridized carbons (Fsp3) is 0.227. The lowest BCUT2D eigenvalue weighted by molar-refractivity contribution is -0.164. The first-order valence-electron chi connectivity index (χ1n) is 9.62. The van der Waals surface area contributed by atoms with Crippen LogP contribution in [0.25, 0.3) is 11.3 Å². The summed E-state index contributed by atoms with van der Waals surface area (Å²) in [5, 5.41) is 15.9. The number of ether oxygens (including phenoxy) is 1. The molecule has 1 heterocycles. The van der Waals surface area contributed by atoms with Crippen molar-refractivity contribution in [2.24, 2.45) is 0 Å². The predicted molar refractivity (Wildman–Crippen MR) is 112 cm³/mol. The standard InChI is InChI=1S/C22H19F4N5O2/c1-12(22(24,25)26)31-20(28)17(10-27)19(30-31)14-5-3-13(4-6-14)11-29-21(32)16-9-15(23)7-8-18(16)33-2/h3-9,12H,11,28H2,1-2H3,(H,29,32)/t12-/m0/s1. The number of benzene rings is 2. The van der Waals surface area contributed by atoms with Crippen LogP contribution in [0.4, 0.5) is 23.4 Å². The summed E-state index contributed by atoms with van der Waals surface area (Å²) < 4.78 is 58.4. The van der Waals surface area contributed by atoms with E-state index in [1.54, 1.807) is 30.3 Å². The Hall–Kier alpha value is -4.07. The zero-order valence-corrected chi connectivity index (χ0v) is 17.6. The third kappa shape index (κ3) is 4.90. The van der Waals surface area contributed by atoms with Crippen molar-refractivity contribution in [2.75, 3.05) is 12.8 Å². The molecule has 7 nitrogen and oxygen atoms in total. The van der Waals surface area contributed by atoms with Gasteiger partial charge in [0, 0.05) is 12.1 Å². The van der Waals surface area contributed by atoms with Crippen molar-refractivity contribution in [3.05, 3.63) is 65.0 Å².